The summed E-state index contributed by atoms with van der Waals surface area (Å²) in [6.07, 6.45) is 3.21. The Hall–Kier alpha value is -2.40. The van der Waals surface area contributed by atoms with Gasteiger partial charge in [-0.1, -0.05) is 11.6 Å². The van der Waals surface area contributed by atoms with Gasteiger partial charge in [-0.05, 0) is 93.7 Å². The number of hydrogen-bond acceptors (Lipinski definition) is 3. The van der Waals surface area contributed by atoms with Crippen molar-refractivity contribution >= 4 is 28.7 Å². The number of fused-ring (bicyclic) bond motifs is 1. The van der Waals surface area contributed by atoms with Crippen LogP contribution in [-0.2, 0) is 6.42 Å². The maximum atomic E-state index is 5.45. The molecule has 0 spiro atoms. The van der Waals surface area contributed by atoms with Gasteiger partial charge in [0.25, 0.3) is 0 Å². The number of nitrogens with zero attached hydrogens (tertiary/aromatic N) is 1. The minimum absolute atomic E-state index is 0.484. The van der Waals surface area contributed by atoms with Crippen molar-refractivity contribution in [3.8, 4) is 5.75 Å². The molecule has 4 nitrogen and oxygen atoms in total. The first-order chi connectivity index (χ1) is 12.6. The molecule has 0 amide bonds. The smallest absolute Gasteiger partial charge is 0.191 e. The number of nitrogens with one attached hydrogen (secondary N) is 2. The van der Waals surface area contributed by atoms with Crippen molar-refractivity contribution in [2.75, 3.05) is 11.9 Å². The minimum Gasteiger partial charge on any atom is -0.494 e. The SMILES string of the molecule is CCOc1ccc(NC(=S)NN=C2CCCc3c(C)cc(C)cc32)cc1. The lowest BCUT2D eigenvalue weighted by Crippen LogP contribution is -2.26. The third-order valence-corrected chi connectivity index (χ3v) is 4.68. The molecule has 0 saturated heterocycles. The molecule has 26 heavy (non-hydrogen) atoms. The Bertz CT molecular complexity index is 828. The van der Waals surface area contributed by atoms with Crippen molar-refractivity contribution in [1.29, 1.82) is 0 Å². The zero-order chi connectivity index (χ0) is 18.5. The Labute approximate surface area is 160 Å². The average molecular weight is 368 g/mol. The van der Waals surface area contributed by atoms with Crippen LogP contribution < -0.4 is 15.5 Å². The van der Waals surface area contributed by atoms with Crippen LogP contribution in [0.15, 0.2) is 41.5 Å². The molecule has 3 rings (SSSR count). The van der Waals surface area contributed by atoms with E-state index in [4.69, 9.17) is 17.0 Å². The minimum atomic E-state index is 0.484. The molecule has 0 atom stereocenters. The number of thiocarbonyl (C=S) groups is 1. The first kappa shape index (κ1) is 18.4. The van der Waals surface area contributed by atoms with Crippen LogP contribution in [0.2, 0.25) is 0 Å². The molecule has 2 N–H and O–H groups in total. The van der Waals surface area contributed by atoms with Gasteiger partial charge < -0.3 is 10.1 Å². The number of rotatable bonds is 4. The van der Waals surface area contributed by atoms with E-state index in [0.717, 1.165) is 36.4 Å². The number of hydrazone groups is 1. The fraction of sp³-hybridized carbons (Fsp3) is 0.333. The third-order valence-electron chi connectivity index (χ3n) is 4.48. The van der Waals surface area contributed by atoms with Gasteiger partial charge in [0, 0.05) is 11.3 Å². The van der Waals surface area contributed by atoms with E-state index < -0.39 is 0 Å². The Morgan fingerprint density at radius 3 is 2.65 bits per heavy atom. The lowest BCUT2D eigenvalue weighted by Gasteiger charge is -2.21. The Morgan fingerprint density at radius 2 is 1.92 bits per heavy atom. The lowest BCUT2D eigenvalue weighted by atomic mass is 9.86. The van der Waals surface area contributed by atoms with Crippen LogP contribution in [0.4, 0.5) is 5.69 Å². The summed E-state index contributed by atoms with van der Waals surface area (Å²) in [6, 6.07) is 12.2. The van der Waals surface area contributed by atoms with Gasteiger partial charge in [-0.25, -0.2) is 0 Å². The second-order valence-corrected chi connectivity index (χ2v) is 6.95. The molecule has 0 unspecified atom stereocenters. The van der Waals surface area contributed by atoms with Crippen LogP contribution in [0.5, 0.6) is 5.75 Å². The number of aryl methyl sites for hydroxylation is 2. The molecular formula is C21H25N3OS. The zero-order valence-electron chi connectivity index (χ0n) is 15.6. The van der Waals surface area contributed by atoms with Crippen LogP contribution in [0.3, 0.4) is 0 Å². The molecule has 0 saturated carbocycles. The van der Waals surface area contributed by atoms with E-state index in [-0.39, 0.29) is 0 Å². The molecule has 5 heteroatoms. The van der Waals surface area contributed by atoms with Crippen LogP contribution >= 0.6 is 12.2 Å². The van der Waals surface area contributed by atoms with Gasteiger partial charge in [-0.3, -0.25) is 5.43 Å². The molecule has 0 fully saturated rings. The zero-order valence-corrected chi connectivity index (χ0v) is 16.4. The second kappa shape index (κ2) is 8.32. The summed E-state index contributed by atoms with van der Waals surface area (Å²) in [7, 11) is 0. The van der Waals surface area contributed by atoms with Gasteiger partial charge >= 0.3 is 0 Å². The molecule has 0 radical (unpaired) electrons. The van der Waals surface area contributed by atoms with E-state index in [1.807, 2.05) is 31.2 Å². The maximum Gasteiger partial charge on any atom is 0.191 e. The fourth-order valence-electron chi connectivity index (χ4n) is 3.35. The Kier molecular flexibility index (Phi) is 5.89. The molecule has 136 valence electrons. The quantitative estimate of drug-likeness (QED) is 0.606. The van der Waals surface area contributed by atoms with E-state index in [9.17, 15) is 0 Å². The van der Waals surface area contributed by atoms with Crippen molar-refractivity contribution in [2.24, 2.45) is 5.10 Å². The molecule has 0 heterocycles. The predicted octanol–water partition coefficient (Wildman–Crippen LogP) is 4.73. The standard InChI is InChI=1S/C21H25N3OS/c1-4-25-17-10-8-16(9-11-17)22-21(26)24-23-20-7-5-6-18-15(3)12-14(2)13-19(18)20/h8-13H,4-7H2,1-3H3,(H2,22,24,26). The van der Waals surface area contributed by atoms with Crippen LogP contribution in [-0.4, -0.2) is 17.4 Å². The van der Waals surface area contributed by atoms with Gasteiger partial charge in [0.1, 0.15) is 5.75 Å². The van der Waals surface area contributed by atoms with Crippen LogP contribution in [0, 0.1) is 13.8 Å². The molecule has 1 aliphatic rings. The third kappa shape index (κ3) is 4.41. The van der Waals surface area contributed by atoms with Crippen molar-refractivity contribution in [1.82, 2.24) is 5.43 Å². The number of anilines is 1. The van der Waals surface area contributed by atoms with Crippen molar-refractivity contribution in [3.05, 3.63) is 58.7 Å². The first-order valence-corrected chi connectivity index (χ1v) is 9.44. The highest BCUT2D eigenvalue weighted by molar-refractivity contribution is 7.80. The fourth-order valence-corrected chi connectivity index (χ4v) is 3.51. The highest BCUT2D eigenvalue weighted by atomic mass is 32.1. The number of benzene rings is 2. The average Bonchev–Trinajstić information content (AvgIpc) is 2.62. The number of hydrogen-bond donors (Lipinski definition) is 2. The summed E-state index contributed by atoms with van der Waals surface area (Å²) in [5.74, 6) is 0.849. The topological polar surface area (TPSA) is 45.6 Å². The summed E-state index contributed by atoms with van der Waals surface area (Å²) in [5, 5.41) is 8.23. The van der Waals surface area contributed by atoms with E-state index in [1.54, 1.807) is 0 Å². The van der Waals surface area contributed by atoms with Gasteiger partial charge in [-0.2, -0.15) is 5.10 Å². The van der Waals surface area contributed by atoms with Crippen molar-refractivity contribution < 1.29 is 4.74 Å². The van der Waals surface area contributed by atoms with Gasteiger partial charge in [0.05, 0.1) is 12.3 Å². The van der Waals surface area contributed by atoms with Crippen LogP contribution in [0.25, 0.3) is 0 Å². The summed E-state index contributed by atoms with van der Waals surface area (Å²) in [4.78, 5) is 0. The van der Waals surface area contributed by atoms with E-state index in [2.05, 4.69) is 41.8 Å². The Morgan fingerprint density at radius 1 is 1.15 bits per heavy atom. The highest BCUT2D eigenvalue weighted by Crippen LogP contribution is 2.26. The van der Waals surface area contributed by atoms with Gasteiger partial charge in [-0.15, -0.1) is 0 Å². The predicted molar refractivity (Wildman–Crippen MR) is 112 cm³/mol. The Balaban J connectivity index is 1.68. The monoisotopic (exact) mass is 367 g/mol. The molecule has 1 aliphatic carbocycles. The normalized spacial score (nSPS) is 14.7. The molecule has 0 bridgehead atoms. The first-order valence-electron chi connectivity index (χ1n) is 9.03. The highest BCUT2D eigenvalue weighted by Gasteiger charge is 2.18. The van der Waals surface area contributed by atoms with Crippen LogP contribution in [0.1, 0.15) is 42.0 Å². The van der Waals surface area contributed by atoms with Gasteiger partial charge in [0.15, 0.2) is 5.11 Å². The summed E-state index contributed by atoms with van der Waals surface area (Å²) >= 11 is 5.38. The summed E-state index contributed by atoms with van der Waals surface area (Å²) in [6.45, 7) is 6.94. The molecule has 2 aromatic rings. The molecule has 2 aromatic carbocycles. The second-order valence-electron chi connectivity index (χ2n) is 6.54. The molecular weight excluding hydrogens is 342 g/mol. The number of ether oxygens (including phenoxy) is 1. The van der Waals surface area contributed by atoms with E-state index in [0.29, 0.717) is 11.7 Å². The van der Waals surface area contributed by atoms with Gasteiger partial charge in [0.2, 0.25) is 0 Å². The maximum absolute atomic E-state index is 5.45. The summed E-state index contributed by atoms with van der Waals surface area (Å²) in [5.41, 5.74) is 10.3. The summed E-state index contributed by atoms with van der Waals surface area (Å²) < 4.78 is 5.45. The lowest BCUT2D eigenvalue weighted by molar-refractivity contribution is 0.340. The van der Waals surface area contributed by atoms with Crippen molar-refractivity contribution in [3.63, 3.8) is 0 Å². The molecule has 0 aromatic heterocycles. The van der Waals surface area contributed by atoms with E-state index >= 15 is 0 Å². The largest absolute Gasteiger partial charge is 0.494 e. The van der Waals surface area contributed by atoms with E-state index in [1.165, 1.54) is 22.3 Å². The molecule has 0 aliphatic heterocycles. The van der Waals surface area contributed by atoms with Crippen molar-refractivity contribution in [2.45, 2.75) is 40.0 Å².